The average Bonchev–Trinajstić information content (AvgIpc) is 3.37. The number of alkyl carbamates (subject to hydrolysis) is 1. The van der Waals surface area contributed by atoms with Crippen LogP contribution in [0.1, 0.15) is 29.2 Å². The highest BCUT2D eigenvalue weighted by Gasteiger charge is 2.42. The zero-order valence-electron chi connectivity index (χ0n) is 22.7. The van der Waals surface area contributed by atoms with Crippen LogP contribution >= 0.6 is 0 Å². The Morgan fingerprint density at radius 1 is 0.825 bits per heavy atom. The van der Waals surface area contributed by atoms with Gasteiger partial charge in [0.1, 0.15) is 11.7 Å². The zero-order valence-corrected chi connectivity index (χ0v) is 22.7. The second kappa shape index (κ2) is 12.9. The lowest BCUT2D eigenvalue weighted by molar-refractivity contribution is -0.0397. The van der Waals surface area contributed by atoms with E-state index in [0.29, 0.717) is 13.1 Å². The molecule has 0 unspecified atom stereocenters. The SMILES string of the molecule is C[C@H](CO)N(Cc1ccccc1)C[C@@H]1NC(=O)O[C@H]1COC(c1ccccc1)(c1ccccc1)c1ccccc1. The predicted molar refractivity (Wildman–Crippen MR) is 156 cm³/mol. The fourth-order valence-corrected chi connectivity index (χ4v) is 5.37. The summed E-state index contributed by atoms with van der Waals surface area (Å²) in [6.07, 6.45) is -0.980. The first-order valence-electron chi connectivity index (χ1n) is 13.8. The third-order valence-corrected chi connectivity index (χ3v) is 7.56. The van der Waals surface area contributed by atoms with Gasteiger partial charge in [0.2, 0.25) is 0 Å². The van der Waals surface area contributed by atoms with Crippen molar-refractivity contribution in [3.05, 3.63) is 144 Å². The molecule has 1 aliphatic heterocycles. The topological polar surface area (TPSA) is 71.0 Å². The van der Waals surface area contributed by atoms with Crippen molar-refractivity contribution in [1.29, 1.82) is 0 Å². The van der Waals surface area contributed by atoms with Crippen molar-refractivity contribution < 1.29 is 19.4 Å². The van der Waals surface area contributed by atoms with E-state index in [1.54, 1.807) is 0 Å². The van der Waals surface area contributed by atoms with Crippen LogP contribution < -0.4 is 5.32 Å². The Morgan fingerprint density at radius 2 is 1.30 bits per heavy atom. The molecule has 0 aromatic heterocycles. The van der Waals surface area contributed by atoms with E-state index in [1.165, 1.54) is 0 Å². The number of rotatable bonds is 12. The number of hydrogen-bond acceptors (Lipinski definition) is 5. The van der Waals surface area contributed by atoms with E-state index >= 15 is 0 Å². The molecule has 5 rings (SSSR count). The summed E-state index contributed by atoms with van der Waals surface area (Å²) in [5.74, 6) is 0. The number of ether oxygens (including phenoxy) is 2. The molecule has 1 heterocycles. The first kappa shape index (κ1) is 27.6. The smallest absolute Gasteiger partial charge is 0.407 e. The van der Waals surface area contributed by atoms with Gasteiger partial charge in [0, 0.05) is 19.1 Å². The molecule has 206 valence electrons. The highest BCUT2D eigenvalue weighted by molar-refractivity contribution is 5.70. The molecule has 0 aliphatic carbocycles. The van der Waals surface area contributed by atoms with Crippen molar-refractivity contribution in [2.75, 3.05) is 19.8 Å². The van der Waals surface area contributed by atoms with Crippen LogP contribution in [0.2, 0.25) is 0 Å². The number of carbonyl (C=O) groups is 1. The second-order valence-electron chi connectivity index (χ2n) is 10.2. The molecule has 4 aromatic rings. The lowest BCUT2D eigenvalue weighted by Gasteiger charge is -2.37. The summed E-state index contributed by atoms with van der Waals surface area (Å²) in [6.45, 7) is 3.32. The van der Waals surface area contributed by atoms with Gasteiger partial charge in [0.15, 0.2) is 0 Å². The number of benzene rings is 4. The minimum Gasteiger partial charge on any atom is -0.442 e. The Bertz CT molecular complexity index is 1240. The van der Waals surface area contributed by atoms with Crippen molar-refractivity contribution in [1.82, 2.24) is 10.2 Å². The predicted octanol–water partition coefficient (Wildman–Crippen LogP) is 5.36. The molecule has 6 heteroatoms. The lowest BCUT2D eigenvalue weighted by atomic mass is 9.80. The maximum Gasteiger partial charge on any atom is 0.407 e. The van der Waals surface area contributed by atoms with Gasteiger partial charge in [-0.3, -0.25) is 4.90 Å². The molecule has 6 nitrogen and oxygen atoms in total. The Balaban J connectivity index is 1.45. The van der Waals surface area contributed by atoms with Crippen LogP contribution in [0, 0.1) is 0 Å². The van der Waals surface area contributed by atoms with Gasteiger partial charge in [-0.25, -0.2) is 4.79 Å². The number of hydrogen-bond donors (Lipinski definition) is 2. The van der Waals surface area contributed by atoms with E-state index in [-0.39, 0.29) is 25.3 Å². The van der Waals surface area contributed by atoms with Gasteiger partial charge in [-0.05, 0) is 29.2 Å². The first-order valence-corrected chi connectivity index (χ1v) is 13.8. The summed E-state index contributed by atoms with van der Waals surface area (Å²) in [7, 11) is 0. The third kappa shape index (κ3) is 6.10. The Kier molecular flexibility index (Phi) is 8.91. The maximum absolute atomic E-state index is 12.5. The number of nitrogens with zero attached hydrogens (tertiary/aromatic N) is 1. The molecule has 1 amide bonds. The molecule has 0 spiro atoms. The molecule has 1 saturated heterocycles. The molecule has 1 fully saturated rings. The zero-order chi connectivity index (χ0) is 27.8. The summed E-state index contributed by atoms with van der Waals surface area (Å²) in [5.41, 5.74) is 3.19. The number of aliphatic hydroxyl groups is 1. The summed E-state index contributed by atoms with van der Waals surface area (Å²) >= 11 is 0. The van der Waals surface area contributed by atoms with Gasteiger partial charge < -0.3 is 19.9 Å². The molecule has 0 saturated carbocycles. The van der Waals surface area contributed by atoms with E-state index in [4.69, 9.17) is 9.47 Å². The molecule has 1 aliphatic rings. The Labute approximate surface area is 236 Å². The van der Waals surface area contributed by atoms with Crippen molar-refractivity contribution in [2.24, 2.45) is 0 Å². The molecule has 3 atom stereocenters. The van der Waals surface area contributed by atoms with Gasteiger partial charge in [-0.1, -0.05) is 121 Å². The van der Waals surface area contributed by atoms with Crippen molar-refractivity contribution in [2.45, 2.75) is 37.3 Å². The molecule has 2 N–H and O–H groups in total. The van der Waals surface area contributed by atoms with Crippen LogP contribution in [-0.4, -0.2) is 54.0 Å². The second-order valence-corrected chi connectivity index (χ2v) is 10.2. The van der Waals surface area contributed by atoms with Crippen molar-refractivity contribution in [3.63, 3.8) is 0 Å². The summed E-state index contributed by atoms with van der Waals surface area (Å²) in [4.78, 5) is 14.7. The number of carbonyl (C=O) groups excluding carboxylic acids is 1. The van der Waals surface area contributed by atoms with Gasteiger partial charge in [0.05, 0.1) is 19.3 Å². The van der Waals surface area contributed by atoms with Gasteiger partial charge in [-0.15, -0.1) is 0 Å². The maximum atomic E-state index is 12.5. The molecule has 0 radical (unpaired) electrons. The van der Waals surface area contributed by atoms with Crippen LogP contribution in [-0.2, 0) is 21.6 Å². The van der Waals surface area contributed by atoms with E-state index < -0.39 is 17.8 Å². The van der Waals surface area contributed by atoms with Crippen LogP contribution in [0.3, 0.4) is 0 Å². The quantitative estimate of drug-likeness (QED) is 0.239. The standard InChI is InChI=1S/C34H36N2O4/c1-26(24-37)36(22-27-14-6-2-7-15-27)23-31-32(40-33(38)35-31)25-39-34(28-16-8-3-9-17-28,29-18-10-4-11-19-29)30-20-12-5-13-21-30/h2-21,26,31-32,37H,22-25H2,1H3,(H,35,38)/t26-,31+,32+/m1/s1. The number of cyclic esters (lactones) is 1. The molecular formula is C34H36N2O4. The van der Waals surface area contributed by atoms with Crippen LogP contribution in [0.5, 0.6) is 0 Å². The fourth-order valence-electron chi connectivity index (χ4n) is 5.37. The molecule has 4 aromatic carbocycles. The minimum atomic E-state index is -0.911. The van der Waals surface area contributed by atoms with E-state index in [2.05, 4.69) is 58.7 Å². The van der Waals surface area contributed by atoms with Crippen molar-refractivity contribution >= 4 is 6.09 Å². The van der Waals surface area contributed by atoms with Gasteiger partial charge >= 0.3 is 6.09 Å². The van der Waals surface area contributed by atoms with Gasteiger partial charge in [0.25, 0.3) is 0 Å². The monoisotopic (exact) mass is 536 g/mol. The van der Waals surface area contributed by atoms with Crippen molar-refractivity contribution in [3.8, 4) is 0 Å². The normalized spacial score (nSPS) is 17.8. The Morgan fingerprint density at radius 3 is 1.77 bits per heavy atom. The van der Waals surface area contributed by atoms with Crippen LogP contribution in [0.15, 0.2) is 121 Å². The highest BCUT2D eigenvalue weighted by Crippen LogP contribution is 2.40. The van der Waals surface area contributed by atoms with Gasteiger partial charge in [-0.2, -0.15) is 0 Å². The van der Waals surface area contributed by atoms with Crippen LogP contribution in [0.4, 0.5) is 4.79 Å². The molecule has 40 heavy (non-hydrogen) atoms. The largest absolute Gasteiger partial charge is 0.442 e. The summed E-state index contributed by atoms with van der Waals surface area (Å²) in [6, 6.07) is 40.2. The minimum absolute atomic E-state index is 0.00859. The Hall–Kier alpha value is -3.97. The van der Waals surface area contributed by atoms with E-state index in [1.807, 2.05) is 79.7 Å². The summed E-state index contributed by atoms with van der Waals surface area (Å²) < 4.78 is 12.7. The highest BCUT2D eigenvalue weighted by atomic mass is 16.6. The average molecular weight is 537 g/mol. The summed E-state index contributed by atoms with van der Waals surface area (Å²) in [5, 5.41) is 13.0. The van der Waals surface area contributed by atoms with Crippen LogP contribution in [0.25, 0.3) is 0 Å². The number of amides is 1. The molecular weight excluding hydrogens is 500 g/mol. The lowest BCUT2D eigenvalue weighted by Crippen LogP contribution is -2.48. The fraction of sp³-hybridized carbons (Fsp3) is 0.265. The number of aliphatic hydroxyl groups excluding tert-OH is 1. The molecule has 0 bridgehead atoms. The van der Waals surface area contributed by atoms with E-state index in [0.717, 1.165) is 22.3 Å². The van der Waals surface area contributed by atoms with E-state index in [9.17, 15) is 9.90 Å². The number of nitrogens with one attached hydrogen (secondary N) is 1. The third-order valence-electron chi connectivity index (χ3n) is 7.56. The first-order chi connectivity index (χ1) is 19.6.